The molecule has 1 rings (SSSR count). The molecule has 17 heavy (non-hydrogen) atoms. The van der Waals surface area contributed by atoms with Crippen LogP contribution < -0.4 is 10.6 Å². The number of thioether (sulfide) groups is 1. The van der Waals surface area contributed by atoms with Gasteiger partial charge in [0, 0.05) is 24.4 Å². The number of hydrogen-bond donors (Lipinski definition) is 2. The van der Waals surface area contributed by atoms with Gasteiger partial charge in [-0.25, -0.2) is 0 Å². The van der Waals surface area contributed by atoms with E-state index in [1.54, 1.807) is 0 Å². The lowest BCUT2D eigenvalue weighted by Gasteiger charge is -2.06. The van der Waals surface area contributed by atoms with Crippen molar-refractivity contribution in [3.05, 3.63) is 29.8 Å². The van der Waals surface area contributed by atoms with E-state index in [1.807, 2.05) is 18.8 Å². The molecular weight excluding hydrogens is 232 g/mol. The van der Waals surface area contributed by atoms with Crippen LogP contribution in [-0.2, 0) is 11.3 Å². The quantitative estimate of drug-likeness (QED) is 0.730. The van der Waals surface area contributed by atoms with Crippen LogP contribution in [0.15, 0.2) is 29.2 Å². The van der Waals surface area contributed by atoms with Gasteiger partial charge in [-0.2, -0.15) is 0 Å². The lowest BCUT2D eigenvalue weighted by atomic mass is 10.2. The Bertz CT molecular complexity index is 338. The first-order valence-corrected chi connectivity index (χ1v) is 6.88. The summed E-state index contributed by atoms with van der Waals surface area (Å²) in [5.41, 5.74) is 1.14. The first-order chi connectivity index (χ1) is 8.26. The minimum absolute atomic E-state index is 0.0892. The molecule has 0 bridgehead atoms. The largest absolute Gasteiger partial charge is 0.352 e. The fraction of sp³-hybridized carbons (Fsp3) is 0.462. The number of carbonyl (C=O) groups excluding carboxylic acids is 1. The minimum Gasteiger partial charge on any atom is -0.352 e. The average Bonchev–Trinajstić information content (AvgIpc) is 2.36. The van der Waals surface area contributed by atoms with Gasteiger partial charge in [0.15, 0.2) is 0 Å². The van der Waals surface area contributed by atoms with Crippen molar-refractivity contribution < 1.29 is 4.79 Å². The van der Waals surface area contributed by atoms with E-state index in [0.29, 0.717) is 13.0 Å². The van der Waals surface area contributed by atoms with E-state index in [1.165, 1.54) is 4.90 Å². The second-order valence-corrected chi connectivity index (χ2v) is 5.04. The molecule has 0 radical (unpaired) electrons. The summed E-state index contributed by atoms with van der Waals surface area (Å²) >= 11 is 1.82. The van der Waals surface area contributed by atoms with E-state index in [2.05, 4.69) is 41.8 Å². The molecule has 0 aliphatic carbocycles. The number of carbonyl (C=O) groups is 1. The van der Waals surface area contributed by atoms with Crippen molar-refractivity contribution >= 4 is 17.7 Å². The van der Waals surface area contributed by atoms with E-state index in [9.17, 15) is 4.79 Å². The minimum atomic E-state index is 0.0892. The van der Waals surface area contributed by atoms with Gasteiger partial charge in [-0.15, -0.1) is 11.8 Å². The standard InChI is InChI=1S/C13H20N2OS/c1-3-17-12-6-4-11(5-7-12)10-15-13(16)8-9-14-2/h4-7,14H,3,8-10H2,1-2H3,(H,15,16). The van der Waals surface area contributed by atoms with E-state index >= 15 is 0 Å². The van der Waals surface area contributed by atoms with Gasteiger partial charge in [0.05, 0.1) is 0 Å². The molecule has 0 atom stereocenters. The Morgan fingerprint density at radius 2 is 2.00 bits per heavy atom. The molecule has 0 saturated carbocycles. The number of nitrogens with one attached hydrogen (secondary N) is 2. The fourth-order valence-electron chi connectivity index (χ4n) is 1.40. The van der Waals surface area contributed by atoms with Crippen LogP contribution in [0, 0.1) is 0 Å². The zero-order valence-corrected chi connectivity index (χ0v) is 11.3. The average molecular weight is 252 g/mol. The Kier molecular flexibility index (Phi) is 6.74. The lowest BCUT2D eigenvalue weighted by Crippen LogP contribution is -2.26. The van der Waals surface area contributed by atoms with Gasteiger partial charge in [0.1, 0.15) is 0 Å². The Balaban J connectivity index is 2.34. The predicted molar refractivity (Wildman–Crippen MR) is 73.2 cm³/mol. The second kappa shape index (κ2) is 8.14. The molecule has 0 aromatic heterocycles. The number of hydrogen-bond acceptors (Lipinski definition) is 3. The highest BCUT2D eigenvalue weighted by Crippen LogP contribution is 2.17. The van der Waals surface area contributed by atoms with Crippen molar-refractivity contribution in [2.45, 2.75) is 24.8 Å². The Morgan fingerprint density at radius 1 is 1.29 bits per heavy atom. The topological polar surface area (TPSA) is 41.1 Å². The molecule has 94 valence electrons. The predicted octanol–water partition coefficient (Wildman–Crippen LogP) is 2.02. The molecule has 4 heteroatoms. The van der Waals surface area contributed by atoms with Crippen LogP contribution in [0.3, 0.4) is 0 Å². The maximum atomic E-state index is 11.4. The van der Waals surface area contributed by atoms with Crippen molar-refractivity contribution in [1.29, 1.82) is 0 Å². The normalized spacial score (nSPS) is 10.2. The van der Waals surface area contributed by atoms with Crippen LogP contribution in [0.1, 0.15) is 18.9 Å². The summed E-state index contributed by atoms with van der Waals surface area (Å²) in [5, 5.41) is 5.85. The molecule has 1 aromatic rings. The van der Waals surface area contributed by atoms with Gasteiger partial charge in [-0.3, -0.25) is 4.79 Å². The van der Waals surface area contributed by atoms with Crippen LogP contribution in [0.2, 0.25) is 0 Å². The van der Waals surface area contributed by atoms with Gasteiger partial charge in [-0.1, -0.05) is 19.1 Å². The molecule has 0 spiro atoms. The fourth-order valence-corrected chi connectivity index (χ4v) is 2.06. The first-order valence-electron chi connectivity index (χ1n) is 5.89. The van der Waals surface area contributed by atoms with Crippen LogP contribution in [0.5, 0.6) is 0 Å². The Morgan fingerprint density at radius 3 is 2.59 bits per heavy atom. The highest BCUT2D eigenvalue weighted by atomic mass is 32.2. The Hall–Kier alpha value is -1.00. The number of rotatable bonds is 7. The second-order valence-electron chi connectivity index (χ2n) is 3.71. The summed E-state index contributed by atoms with van der Waals surface area (Å²) in [6, 6.07) is 8.33. The third kappa shape index (κ3) is 5.75. The van der Waals surface area contributed by atoms with Crippen molar-refractivity contribution in [1.82, 2.24) is 10.6 Å². The maximum absolute atomic E-state index is 11.4. The summed E-state index contributed by atoms with van der Waals surface area (Å²) < 4.78 is 0. The smallest absolute Gasteiger partial charge is 0.221 e. The number of benzene rings is 1. The summed E-state index contributed by atoms with van der Waals surface area (Å²) in [6.07, 6.45) is 0.528. The molecule has 0 aliphatic heterocycles. The zero-order valence-electron chi connectivity index (χ0n) is 10.5. The highest BCUT2D eigenvalue weighted by Gasteiger charge is 2.00. The third-order valence-corrected chi connectivity index (χ3v) is 3.22. The van der Waals surface area contributed by atoms with Gasteiger partial charge >= 0.3 is 0 Å². The third-order valence-electron chi connectivity index (χ3n) is 2.33. The number of amides is 1. The van der Waals surface area contributed by atoms with E-state index < -0.39 is 0 Å². The van der Waals surface area contributed by atoms with Crippen molar-refractivity contribution in [2.75, 3.05) is 19.3 Å². The molecule has 1 aromatic carbocycles. The van der Waals surface area contributed by atoms with Gasteiger partial charge in [0.25, 0.3) is 0 Å². The van der Waals surface area contributed by atoms with Crippen molar-refractivity contribution in [3.8, 4) is 0 Å². The molecule has 1 amide bonds. The molecule has 0 saturated heterocycles. The maximum Gasteiger partial charge on any atom is 0.221 e. The SMILES string of the molecule is CCSc1ccc(CNC(=O)CCNC)cc1. The summed E-state index contributed by atoms with van der Waals surface area (Å²) in [7, 11) is 1.84. The molecule has 3 nitrogen and oxygen atoms in total. The highest BCUT2D eigenvalue weighted by molar-refractivity contribution is 7.99. The molecule has 2 N–H and O–H groups in total. The zero-order chi connectivity index (χ0) is 12.5. The summed E-state index contributed by atoms with van der Waals surface area (Å²) in [6.45, 7) is 3.47. The van der Waals surface area contributed by atoms with Gasteiger partial charge in [0.2, 0.25) is 5.91 Å². The molecule has 0 unspecified atom stereocenters. The monoisotopic (exact) mass is 252 g/mol. The van der Waals surface area contributed by atoms with E-state index in [0.717, 1.165) is 17.9 Å². The van der Waals surface area contributed by atoms with E-state index in [4.69, 9.17) is 0 Å². The molecule has 0 heterocycles. The van der Waals surface area contributed by atoms with Crippen LogP contribution >= 0.6 is 11.8 Å². The van der Waals surface area contributed by atoms with E-state index in [-0.39, 0.29) is 5.91 Å². The molecule has 0 aliphatic rings. The molecule has 0 fully saturated rings. The van der Waals surface area contributed by atoms with Crippen molar-refractivity contribution in [2.24, 2.45) is 0 Å². The first kappa shape index (κ1) is 14.1. The van der Waals surface area contributed by atoms with Gasteiger partial charge < -0.3 is 10.6 Å². The van der Waals surface area contributed by atoms with Crippen LogP contribution in [0.25, 0.3) is 0 Å². The lowest BCUT2D eigenvalue weighted by molar-refractivity contribution is -0.121. The van der Waals surface area contributed by atoms with Gasteiger partial charge in [-0.05, 0) is 30.5 Å². The van der Waals surface area contributed by atoms with Crippen molar-refractivity contribution in [3.63, 3.8) is 0 Å². The summed E-state index contributed by atoms with van der Waals surface area (Å²) in [4.78, 5) is 12.7. The summed E-state index contributed by atoms with van der Waals surface area (Å²) in [5.74, 6) is 1.17. The molecular formula is C13H20N2OS. The Labute approximate surface area is 107 Å². The van der Waals surface area contributed by atoms with Crippen LogP contribution in [0.4, 0.5) is 0 Å². The van der Waals surface area contributed by atoms with Crippen LogP contribution in [-0.4, -0.2) is 25.3 Å².